The molecule has 0 aromatic heterocycles. The standard InChI is InChI=1S/C29H25N3O3S/c1-2-35-24-18-16-23(17-19-24)30-28(34)25-10-6-7-11-26(25)31-29(36)32-27(33)22-14-12-21(13-15-22)20-8-4-3-5-9-20/h3-19H,2H2,1H3,(H,30,34)(H2,31,32,33,36). The third-order valence-corrected chi connectivity index (χ3v) is 5.53. The number of nitrogens with one attached hydrogen (secondary N) is 3. The van der Waals surface area contributed by atoms with E-state index in [1.165, 1.54) is 0 Å². The maximum atomic E-state index is 12.9. The zero-order valence-electron chi connectivity index (χ0n) is 19.7. The van der Waals surface area contributed by atoms with Crippen molar-refractivity contribution < 1.29 is 14.3 Å². The molecular weight excluding hydrogens is 470 g/mol. The normalized spacial score (nSPS) is 10.2. The Bertz CT molecular complexity index is 1350. The van der Waals surface area contributed by atoms with Crippen molar-refractivity contribution in [2.24, 2.45) is 0 Å². The molecule has 0 heterocycles. The first-order chi connectivity index (χ1) is 17.5. The van der Waals surface area contributed by atoms with Crippen LogP contribution in [0.4, 0.5) is 11.4 Å². The lowest BCUT2D eigenvalue weighted by Crippen LogP contribution is -2.34. The van der Waals surface area contributed by atoms with Gasteiger partial charge in [0, 0.05) is 11.3 Å². The van der Waals surface area contributed by atoms with E-state index in [0.717, 1.165) is 16.9 Å². The van der Waals surface area contributed by atoms with Crippen molar-refractivity contribution in [2.45, 2.75) is 6.92 Å². The Morgan fingerprint density at radius 2 is 1.36 bits per heavy atom. The summed E-state index contributed by atoms with van der Waals surface area (Å²) in [5, 5.41) is 8.59. The van der Waals surface area contributed by atoms with E-state index in [9.17, 15) is 9.59 Å². The number of benzene rings is 4. The highest BCUT2D eigenvalue weighted by Gasteiger charge is 2.14. The van der Waals surface area contributed by atoms with Crippen molar-refractivity contribution in [3.05, 3.63) is 114 Å². The number of carbonyl (C=O) groups excluding carboxylic acids is 2. The van der Waals surface area contributed by atoms with Crippen LogP contribution in [-0.2, 0) is 0 Å². The molecule has 0 bridgehead atoms. The zero-order valence-corrected chi connectivity index (χ0v) is 20.5. The van der Waals surface area contributed by atoms with Crippen LogP contribution >= 0.6 is 12.2 Å². The van der Waals surface area contributed by atoms with Crippen molar-refractivity contribution in [3.8, 4) is 16.9 Å². The van der Waals surface area contributed by atoms with Crippen LogP contribution in [0.25, 0.3) is 11.1 Å². The fourth-order valence-electron chi connectivity index (χ4n) is 3.56. The van der Waals surface area contributed by atoms with Crippen LogP contribution in [0.2, 0.25) is 0 Å². The number of amides is 2. The highest BCUT2D eigenvalue weighted by molar-refractivity contribution is 7.80. The quantitative estimate of drug-likeness (QED) is 0.269. The Balaban J connectivity index is 1.39. The number of thiocarbonyl (C=S) groups is 1. The molecule has 0 atom stereocenters. The maximum Gasteiger partial charge on any atom is 0.257 e. The summed E-state index contributed by atoms with van der Waals surface area (Å²) in [6, 6.07) is 31.3. The monoisotopic (exact) mass is 495 g/mol. The van der Waals surface area contributed by atoms with Gasteiger partial charge in [-0.1, -0.05) is 54.6 Å². The maximum absolute atomic E-state index is 12.9. The topological polar surface area (TPSA) is 79.5 Å². The van der Waals surface area contributed by atoms with E-state index >= 15 is 0 Å². The molecule has 4 aromatic rings. The molecule has 0 spiro atoms. The van der Waals surface area contributed by atoms with E-state index in [1.54, 1.807) is 60.7 Å². The number of hydrogen-bond donors (Lipinski definition) is 3. The summed E-state index contributed by atoms with van der Waals surface area (Å²) in [5.41, 5.74) is 4.05. The predicted molar refractivity (Wildman–Crippen MR) is 148 cm³/mol. The third-order valence-electron chi connectivity index (χ3n) is 5.32. The Morgan fingerprint density at radius 3 is 2.06 bits per heavy atom. The van der Waals surface area contributed by atoms with E-state index in [2.05, 4.69) is 16.0 Å². The summed E-state index contributed by atoms with van der Waals surface area (Å²) in [5.74, 6) is 0.0738. The van der Waals surface area contributed by atoms with E-state index in [1.807, 2.05) is 49.4 Å². The summed E-state index contributed by atoms with van der Waals surface area (Å²) in [6.07, 6.45) is 0. The van der Waals surface area contributed by atoms with Gasteiger partial charge in [0.15, 0.2) is 5.11 Å². The Kier molecular flexibility index (Phi) is 8.05. The molecule has 3 N–H and O–H groups in total. The molecule has 0 fully saturated rings. The minimum atomic E-state index is -0.344. The van der Waals surface area contributed by atoms with Crippen LogP contribution in [0.5, 0.6) is 5.75 Å². The number of ether oxygens (including phenoxy) is 1. The highest BCUT2D eigenvalue weighted by Crippen LogP contribution is 2.21. The molecule has 6 nitrogen and oxygen atoms in total. The lowest BCUT2D eigenvalue weighted by atomic mass is 10.0. The fourth-order valence-corrected chi connectivity index (χ4v) is 3.77. The largest absolute Gasteiger partial charge is 0.494 e. The van der Waals surface area contributed by atoms with Crippen molar-refractivity contribution in [1.29, 1.82) is 0 Å². The van der Waals surface area contributed by atoms with Crippen LogP contribution in [0.15, 0.2) is 103 Å². The van der Waals surface area contributed by atoms with Crippen LogP contribution in [0.3, 0.4) is 0 Å². The van der Waals surface area contributed by atoms with Crippen LogP contribution < -0.4 is 20.7 Å². The van der Waals surface area contributed by atoms with E-state index in [0.29, 0.717) is 29.1 Å². The summed E-state index contributed by atoms with van der Waals surface area (Å²) in [7, 11) is 0. The fraction of sp³-hybridized carbons (Fsp3) is 0.0690. The number of anilines is 2. The second-order valence-corrected chi connectivity index (χ2v) is 8.22. The lowest BCUT2D eigenvalue weighted by molar-refractivity contribution is 0.0976. The molecule has 0 aliphatic carbocycles. The highest BCUT2D eigenvalue weighted by atomic mass is 32.1. The van der Waals surface area contributed by atoms with Gasteiger partial charge in [-0.05, 0) is 78.8 Å². The van der Waals surface area contributed by atoms with Gasteiger partial charge in [-0.3, -0.25) is 14.9 Å². The van der Waals surface area contributed by atoms with Crippen molar-refractivity contribution in [2.75, 3.05) is 17.2 Å². The molecule has 0 saturated heterocycles. The number of hydrogen-bond acceptors (Lipinski definition) is 4. The second-order valence-electron chi connectivity index (χ2n) is 7.81. The molecule has 0 aliphatic heterocycles. The van der Waals surface area contributed by atoms with Gasteiger partial charge in [-0.2, -0.15) is 0 Å². The smallest absolute Gasteiger partial charge is 0.257 e. The number of para-hydroxylation sites is 1. The van der Waals surface area contributed by atoms with Gasteiger partial charge in [0.05, 0.1) is 17.9 Å². The Morgan fingerprint density at radius 1 is 0.722 bits per heavy atom. The van der Waals surface area contributed by atoms with Gasteiger partial charge < -0.3 is 15.4 Å². The van der Waals surface area contributed by atoms with Gasteiger partial charge in [0.1, 0.15) is 5.75 Å². The molecule has 0 saturated carbocycles. The summed E-state index contributed by atoms with van der Waals surface area (Å²) < 4.78 is 5.43. The van der Waals surface area contributed by atoms with Gasteiger partial charge in [-0.15, -0.1) is 0 Å². The molecule has 36 heavy (non-hydrogen) atoms. The molecule has 4 rings (SSSR count). The molecule has 0 radical (unpaired) electrons. The minimum Gasteiger partial charge on any atom is -0.494 e. The van der Waals surface area contributed by atoms with Crippen LogP contribution in [0.1, 0.15) is 27.6 Å². The molecule has 0 aliphatic rings. The molecule has 180 valence electrons. The average molecular weight is 496 g/mol. The first-order valence-corrected chi connectivity index (χ1v) is 11.9. The SMILES string of the molecule is CCOc1ccc(NC(=O)c2ccccc2NC(=S)NC(=O)c2ccc(-c3ccccc3)cc2)cc1. The molecule has 7 heteroatoms. The predicted octanol–water partition coefficient (Wildman–Crippen LogP) is 6.13. The van der Waals surface area contributed by atoms with Crippen LogP contribution in [0, 0.1) is 0 Å². The Hall–Kier alpha value is -4.49. The number of carbonyl (C=O) groups is 2. The lowest BCUT2D eigenvalue weighted by Gasteiger charge is -2.14. The molecule has 4 aromatic carbocycles. The summed E-state index contributed by atoms with van der Waals surface area (Å²) in [4.78, 5) is 25.6. The van der Waals surface area contributed by atoms with Gasteiger partial charge in [0.25, 0.3) is 11.8 Å². The minimum absolute atomic E-state index is 0.0912. The average Bonchev–Trinajstić information content (AvgIpc) is 2.91. The van der Waals surface area contributed by atoms with Crippen molar-refractivity contribution >= 4 is 40.5 Å². The first kappa shape index (κ1) is 24.6. The van der Waals surface area contributed by atoms with Crippen LogP contribution in [-0.4, -0.2) is 23.5 Å². The second kappa shape index (κ2) is 11.8. The first-order valence-electron chi connectivity index (χ1n) is 11.4. The summed E-state index contributed by atoms with van der Waals surface area (Å²) >= 11 is 5.34. The molecule has 0 unspecified atom stereocenters. The van der Waals surface area contributed by atoms with E-state index < -0.39 is 0 Å². The van der Waals surface area contributed by atoms with Gasteiger partial charge >= 0.3 is 0 Å². The Labute approximate surface area is 215 Å². The van der Waals surface area contributed by atoms with Gasteiger partial charge in [-0.25, -0.2) is 0 Å². The van der Waals surface area contributed by atoms with E-state index in [-0.39, 0.29) is 16.9 Å². The number of rotatable bonds is 7. The zero-order chi connectivity index (χ0) is 25.3. The molecule has 2 amide bonds. The third kappa shape index (κ3) is 6.34. The van der Waals surface area contributed by atoms with Gasteiger partial charge in [0.2, 0.25) is 0 Å². The molecular formula is C29H25N3O3S. The summed E-state index contributed by atoms with van der Waals surface area (Å²) in [6.45, 7) is 2.48. The van der Waals surface area contributed by atoms with Crippen molar-refractivity contribution in [1.82, 2.24) is 5.32 Å². The van der Waals surface area contributed by atoms with E-state index in [4.69, 9.17) is 17.0 Å². The van der Waals surface area contributed by atoms with Crippen molar-refractivity contribution in [3.63, 3.8) is 0 Å².